The van der Waals surface area contributed by atoms with Crippen molar-refractivity contribution in [2.24, 2.45) is 34.8 Å². The average molecular weight is 573 g/mol. The SMILES string of the molecule is CN(C)[C@@H]1C(=O)C(C(N)=O)C(=O)[C@@]2(O)C(=O)C3C(=O)c4c(O)c(N)c(CN5CCC(C)(C)CC5)c(F)c4C[C@H]3C[C@@H]12. The van der Waals surface area contributed by atoms with E-state index >= 15 is 4.39 Å². The number of ketones is 4. The molecule has 1 saturated heterocycles. The molecule has 0 radical (unpaired) electrons. The number of hydrogen-bond donors (Lipinski definition) is 4. The maximum absolute atomic E-state index is 16.1. The zero-order valence-corrected chi connectivity index (χ0v) is 23.7. The molecule has 2 unspecified atom stereocenters. The number of Topliss-reactive ketones (excluding diaryl/α,β-unsaturated/α-hetero) is 4. The van der Waals surface area contributed by atoms with Crippen molar-refractivity contribution in [1.29, 1.82) is 0 Å². The molecule has 4 aliphatic rings. The number of phenols is 1. The van der Waals surface area contributed by atoms with Crippen LogP contribution >= 0.6 is 0 Å². The lowest BCUT2D eigenvalue weighted by molar-refractivity contribution is -0.181. The number of phenolic OH excluding ortho intramolecular Hbond substituents is 1. The molecule has 6 N–H and O–H groups in total. The average Bonchev–Trinajstić information content (AvgIpc) is 2.87. The van der Waals surface area contributed by atoms with Gasteiger partial charge < -0.3 is 21.7 Å². The van der Waals surface area contributed by atoms with E-state index in [2.05, 4.69) is 13.8 Å². The number of anilines is 1. The number of nitrogens with two attached hydrogens (primary N) is 2. The number of rotatable bonds is 4. The van der Waals surface area contributed by atoms with Crippen molar-refractivity contribution in [2.75, 3.05) is 32.9 Å². The zero-order chi connectivity index (χ0) is 30.3. The van der Waals surface area contributed by atoms with Gasteiger partial charge in [0.15, 0.2) is 34.7 Å². The number of aromatic hydroxyl groups is 1. The van der Waals surface area contributed by atoms with E-state index in [-0.39, 0.29) is 41.6 Å². The third-order valence-corrected chi connectivity index (χ3v) is 9.89. The number of carbonyl (C=O) groups is 5. The summed E-state index contributed by atoms with van der Waals surface area (Å²) in [6.07, 6.45) is 1.51. The molecule has 1 aliphatic heterocycles. The predicted octanol–water partition coefficient (Wildman–Crippen LogP) is 0.210. The fourth-order valence-electron chi connectivity index (χ4n) is 7.46. The minimum atomic E-state index is -2.83. The number of amides is 1. The Balaban J connectivity index is 1.56. The van der Waals surface area contributed by atoms with Gasteiger partial charge in [0.2, 0.25) is 5.91 Å². The second kappa shape index (κ2) is 9.67. The van der Waals surface area contributed by atoms with Crippen molar-refractivity contribution in [3.8, 4) is 5.75 Å². The number of fused-ring (bicyclic) bond motifs is 3. The van der Waals surface area contributed by atoms with Crippen LogP contribution in [0.3, 0.4) is 0 Å². The van der Waals surface area contributed by atoms with Gasteiger partial charge in [-0.05, 0) is 64.2 Å². The zero-order valence-electron chi connectivity index (χ0n) is 23.7. The summed E-state index contributed by atoms with van der Waals surface area (Å²) in [6, 6.07) is -1.22. The highest BCUT2D eigenvalue weighted by atomic mass is 19.1. The van der Waals surface area contributed by atoms with Crippen molar-refractivity contribution in [2.45, 2.75) is 57.7 Å². The molecule has 1 amide bonds. The predicted molar refractivity (Wildman–Crippen MR) is 144 cm³/mol. The van der Waals surface area contributed by atoms with Crippen LogP contribution in [0.4, 0.5) is 10.1 Å². The van der Waals surface area contributed by atoms with Gasteiger partial charge in [-0.2, -0.15) is 0 Å². The standard InChI is InChI=1S/C29H37FN4O7/c1-28(2)5-7-34(8-6-28)11-14-19(30)13-9-12-10-15-21(33(3)4)24(37)18(27(32)40)26(39)29(15,41)25(38)16(12)22(35)17(13)23(36)20(14)31/h12,15-16,18,21,36,41H,5-11,31H2,1-4H3,(H2,32,40)/t12-,15-,16?,18?,21-,29-/m0/s1. The first-order valence-electron chi connectivity index (χ1n) is 13.9. The molecule has 41 heavy (non-hydrogen) atoms. The third kappa shape index (κ3) is 4.21. The molecule has 6 atom stereocenters. The van der Waals surface area contributed by atoms with Crippen LogP contribution in [-0.2, 0) is 32.1 Å². The van der Waals surface area contributed by atoms with E-state index in [9.17, 15) is 34.2 Å². The van der Waals surface area contributed by atoms with Gasteiger partial charge in [0.05, 0.1) is 23.2 Å². The van der Waals surface area contributed by atoms with Crippen molar-refractivity contribution < 1.29 is 38.6 Å². The quantitative estimate of drug-likeness (QED) is 0.221. The van der Waals surface area contributed by atoms with Crippen LogP contribution in [0, 0.1) is 34.9 Å². The lowest BCUT2D eigenvalue weighted by Crippen LogP contribution is -2.74. The van der Waals surface area contributed by atoms with Crippen LogP contribution in [0.5, 0.6) is 5.75 Å². The summed E-state index contributed by atoms with van der Waals surface area (Å²) < 4.78 is 16.1. The Kier molecular flexibility index (Phi) is 6.91. The summed E-state index contributed by atoms with van der Waals surface area (Å²) in [5.74, 6) is -12.8. The Hall–Kier alpha value is -3.22. The van der Waals surface area contributed by atoms with Gasteiger partial charge in [-0.3, -0.25) is 33.8 Å². The number of nitrogen functional groups attached to an aromatic ring is 1. The van der Waals surface area contributed by atoms with Crippen LogP contribution in [0.2, 0.25) is 0 Å². The second-order valence-corrected chi connectivity index (χ2v) is 13.1. The van der Waals surface area contributed by atoms with Gasteiger partial charge >= 0.3 is 0 Å². The summed E-state index contributed by atoms with van der Waals surface area (Å²) in [6.45, 7) is 5.89. The summed E-state index contributed by atoms with van der Waals surface area (Å²) in [5.41, 5.74) is 8.10. The van der Waals surface area contributed by atoms with E-state index in [1.807, 2.05) is 4.90 Å². The molecule has 5 rings (SSSR count). The number of likely N-dealkylation sites (N-methyl/N-ethyl adjacent to an activating group) is 1. The first kappa shape index (κ1) is 29.3. The minimum Gasteiger partial charge on any atom is -0.505 e. The van der Waals surface area contributed by atoms with Crippen LogP contribution < -0.4 is 11.5 Å². The Labute approximate surface area is 237 Å². The van der Waals surface area contributed by atoms with Gasteiger partial charge in [0.25, 0.3) is 0 Å². The maximum Gasteiger partial charge on any atom is 0.235 e. The second-order valence-electron chi connectivity index (χ2n) is 13.1. The number of aliphatic hydroxyl groups is 1. The van der Waals surface area contributed by atoms with Gasteiger partial charge in [0.1, 0.15) is 11.6 Å². The van der Waals surface area contributed by atoms with Gasteiger partial charge in [-0.25, -0.2) is 4.39 Å². The molecule has 0 bridgehead atoms. The Bertz CT molecular complexity index is 1380. The van der Waals surface area contributed by atoms with Crippen LogP contribution in [-0.4, -0.2) is 87.9 Å². The van der Waals surface area contributed by atoms with Crippen LogP contribution in [0.1, 0.15) is 54.6 Å². The molecule has 0 aromatic heterocycles. The van der Waals surface area contributed by atoms with Crippen molar-refractivity contribution >= 4 is 34.7 Å². The number of halogens is 1. The van der Waals surface area contributed by atoms with Gasteiger partial charge in [-0.15, -0.1) is 0 Å². The summed E-state index contributed by atoms with van der Waals surface area (Å²) in [4.78, 5) is 69.7. The minimum absolute atomic E-state index is 0.0709. The number of benzene rings is 1. The molecule has 3 fully saturated rings. The molecule has 1 heterocycles. The number of hydrogen-bond acceptors (Lipinski definition) is 10. The Morgan fingerprint density at radius 1 is 1.12 bits per heavy atom. The van der Waals surface area contributed by atoms with Gasteiger partial charge in [-0.1, -0.05) is 13.8 Å². The van der Waals surface area contributed by atoms with Gasteiger partial charge in [0, 0.05) is 23.6 Å². The van der Waals surface area contributed by atoms with Crippen molar-refractivity contribution in [1.82, 2.24) is 9.80 Å². The molecule has 11 nitrogen and oxygen atoms in total. The van der Waals surface area contributed by atoms with Crippen LogP contribution in [0.15, 0.2) is 0 Å². The lowest BCUT2D eigenvalue weighted by Gasteiger charge is -2.52. The number of carbonyl (C=O) groups excluding carboxylic acids is 5. The molecule has 12 heteroatoms. The van der Waals surface area contributed by atoms with Crippen molar-refractivity contribution in [3.05, 3.63) is 22.5 Å². The molecule has 1 aromatic rings. The number of likely N-dealkylation sites (tertiary alicyclic amines) is 1. The largest absolute Gasteiger partial charge is 0.505 e. The van der Waals surface area contributed by atoms with Crippen molar-refractivity contribution in [3.63, 3.8) is 0 Å². The fourth-order valence-corrected chi connectivity index (χ4v) is 7.46. The Morgan fingerprint density at radius 2 is 1.73 bits per heavy atom. The third-order valence-electron chi connectivity index (χ3n) is 9.89. The highest BCUT2D eigenvalue weighted by Crippen LogP contribution is 2.52. The molecule has 1 aromatic carbocycles. The first-order chi connectivity index (χ1) is 19.0. The van der Waals surface area contributed by atoms with E-state index < -0.39 is 81.5 Å². The molecular formula is C29H37FN4O7. The fraction of sp³-hybridized carbons (Fsp3) is 0.621. The maximum atomic E-state index is 16.1. The Morgan fingerprint density at radius 3 is 2.29 bits per heavy atom. The highest BCUT2D eigenvalue weighted by molar-refractivity contribution is 6.32. The summed E-state index contributed by atoms with van der Waals surface area (Å²) >= 11 is 0. The smallest absolute Gasteiger partial charge is 0.235 e. The van der Waals surface area contributed by atoms with E-state index in [0.29, 0.717) is 13.1 Å². The molecular weight excluding hydrogens is 535 g/mol. The first-order valence-corrected chi connectivity index (χ1v) is 13.9. The molecule has 3 aliphatic carbocycles. The molecule has 222 valence electrons. The number of primary amides is 1. The number of nitrogens with zero attached hydrogens (tertiary/aromatic N) is 2. The van der Waals surface area contributed by atoms with E-state index in [0.717, 1.165) is 12.8 Å². The van der Waals surface area contributed by atoms with E-state index in [1.54, 1.807) is 0 Å². The molecule has 2 saturated carbocycles. The lowest BCUT2D eigenvalue weighted by atomic mass is 9.52. The van der Waals surface area contributed by atoms with E-state index in [1.165, 1.54) is 19.0 Å². The van der Waals surface area contributed by atoms with Crippen LogP contribution in [0.25, 0.3) is 0 Å². The molecule has 0 spiro atoms. The number of piperidine rings is 1. The van der Waals surface area contributed by atoms with E-state index in [4.69, 9.17) is 11.5 Å². The normalized spacial score (nSPS) is 33.4. The summed E-state index contributed by atoms with van der Waals surface area (Å²) in [7, 11) is 3.01. The summed E-state index contributed by atoms with van der Waals surface area (Å²) in [5, 5.41) is 22.7. The monoisotopic (exact) mass is 572 g/mol. The topological polar surface area (TPSA) is 184 Å². The highest BCUT2D eigenvalue weighted by Gasteiger charge is 2.69.